The van der Waals surface area contributed by atoms with Crippen molar-refractivity contribution in [2.24, 2.45) is 0 Å². The van der Waals surface area contributed by atoms with Crippen LogP contribution in [0.3, 0.4) is 0 Å². The largest absolute Gasteiger partial charge is 0.378 e. The van der Waals surface area contributed by atoms with Gasteiger partial charge >= 0.3 is 6.03 Å². The van der Waals surface area contributed by atoms with Crippen LogP contribution in [0.4, 0.5) is 16.2 Å². The van der Waals surface area contributed by atoms with E-state index in [2.05, 4.69) is 33.4 Å². The van der Waals surface area contributed by atoms with Gasteiger partial charge in [-0.2, -0.15) is 0 Å². The molecule has 3 saturated heterocycles. The first-order valence-corrected chi connectivity index (χ1v) is 9.96. The van der Waals surface area contributed by atoms with E-state index in [9.17, 15) is 4.79 Å². The van der Waals surface area contributed by atoms with Crippen molar-refractivity contribution < 1.29 is 9.53 Å². The molecule has 6 heteroatoms. The Morgan fingerprint density at radius 1 is 1.08 bits per heavy atom. The highest BCUT2D eigenvalue weighted by Crippen LogP contribution is 2.29. The van der Waals surface area contributed by atoms with Gasteiger partial charge in [0, 0.05) is 24.5 Å². The van der Waals surface area contributed by atoms with Gasteiger partial charge in [0.15, 0.2) is 0 Å². The molecule has 3 aliphatic rings. The van der Waals surface area contributed by atoms with Crippen LogP contribution in [0.25, 0.3) is 0 Å². The van der Waals surface area contributed by atoms with Crippen molar-refractivity contribution >= 4 is 17.4 Å². The Bertz CT molecular complexity index is 639. The number of likely N-dealkylation sites (tertiary alicyclic amines) is 1. The average Bonchev–Trinajstić information content (AvgIpc) is 3.39. The van der Waals surface area contributed by atoms with Crippen LogP contribution in [0.5, 0.6) is 0 Å². The van der Waals surface area contributed by atoms with Crippen LogP contribution in [0, 0.1) is 6.92 Å². The summed E-state index contributed by atoms with van der Waals surface area (Å²) in [5, 5.41) is 6.20. The summed E-state index contributed by atoms with van der Waals surface area (Å²) in [6, 6.07) is 6.40. The zero-order valence-corrected chi connectivity index (χ0v) is 15.7. The number of rotatable bonds is 4. The number of hydrogen-bond donors (Lipinski definition) is 2. The van der Waals surface area contributed by atoms with Crippen molar-refractivity contribution in [3.05, 3.63) is 23.8 Å². The fraction of sp³-hybridized carbons (Fsp3) is 0.650. The maximum Gasteiger partial charge on any atom is 0.319 e. The summed E-state index contributed by atoms with van der Waals surface area (Å²) >= 11 is 0. The van der Waals surface area contributed by atoms with Crippen LogP contribution in [0.15, 0.2) is 18.2 Å². The topological polar surface area (TPSA) is 56.8 Å². The van der Waals surface area contributed by atoms with Gasteiger partial charge in [-0.15, -0.1) is 0 Å². The van der Waals surface area contributed by atoms with Crippen molar-refractivity contribution in [1.82, 2.24) is 10.2 Å². The SMILES string of the molecule is Cc1c(NC(=O)NC2COCC2N2CCCC2)cccc1N1CCCC1. The lowest BCUT2D eigenvalue weighted by atomic mass is 10.1. The molecule has 0 saturated carbocycles. The number of anilines is 2. The highest BCUT2D eigenvalue weighted by Gasteiger charge is 2.35. The van der Waals surface area contributed by atoms with Crippen molar-refractivity contribution in [2.75, 3.05) is 49.6 Å². The van der Waals surface area contributed by atoms with Crippen molar-refractivity contribution in [1.29, 1.82) is 0 Å². The fourth-order valence-corrected chi connectivity index (χ4v) is 4.50. The van der Waals surface area contributed by atoms with Crippen molar-refractivity contribution in [3.8, 4) is 0 Å². The van der Waals surface area contributed by atoms with Gasteiger partial charge < -0.3 is 20.3 Å². The molecule has 6 nitrogen and oxygen atoms in total. The summed E-state index contributed by atoms with van der Waals surface area (Å²) in [6.45, 7) is 7.85. The number of carbonyl (C=O) groups excluding carboxylic acids is 1. The molecule has 1 aromatic carbocycles. The van der Waals surface area contributed by atoms with E-state index in [0.717, 1.165) is 37.4 Å². The third-order valence-corrected chi connectivity index (χ3v) is 5.98. The Hall–Kier alpha value is -1.79. The number of amides is 2. The van der Waals surface area contributed by atoms with Gasteiger partial charge in [0.2, 0.25) is 0 Å². The lowest BCUT2D eigenvalue weighted by molar-refractivity contribution is 0.159. The van der Waals surface area contributed by atoms with Crippen LogP contribution >= 0.6 is 0 Å². The van der Waals surface area contributed by atoms with Gasteiger partial charge in [0.25, 0.3) is 0 Å². The van der Waals surface area contributed by atoms with Crippen molar-refractivity contribution in [2.45, 2.75) is 44.7 Å². The maximum atomic E-state index is 12.6. The third-order valence-electron chi connectivity index (χ3n) is 5.98. The first kappa shape index (κ1) is 17.6. The average molecular weight is 358 g/mol. The number of nitrogens with one attached hydrogen (secondary N) is 2. The Kier molecular flexibility index (Phi) is 5.31. The highest BCUT2D eigenvalue weighted by molar-refractivity contribution is 5.91. The molecule has 2 unspecified atom stereocenters. The minimum Gasteiger partial charge on any atom is -0.378 e. The second-order valence-corrected chi connectivity index (χ2v) is 7.70. The predicted molar refractivity (Wildman–Crippen MR) is 104 cm³/mol. The molecule has 0 bridgehead atoms. The van der Waals surface area contributed by atoms with Crippen molar-refractivity contribution in [3.63, 3.8) is 0 Å². The van der Waals surface area contributed by atoms with Crippen LogP contribution in [-0.2, 0) is 4.74 Å². The molecular weight excluding hydrogens is 328 g/mol. The van der Waals surface area contributed by atoms with Gasteiger partial charge in [-0.25, -0.2) is 4.79 Å². The molecule has 26 heavy (non-hydrogen) atoms. The van der Waals surface area contributed by atoms with Crippen LogP contribution in [0.2, 0.25) is 0 Å². The van der Waals surface area contributed by atoms with E-state index < -0.39 is 0 Å². The second kappa shape index (κ2) is 7.84. The quantitative estimate of drug-likeness (QED) is 0.869. The Morgan fingerprint density at radius 3 is 2.58 bits per heavy atom. The summed E-state index contributed by atoms with van der Waals surface area (Å²) in [5.41, 5.74) is 3.27. The zero-order valence-electron chi connectivity index (χ0n) is 15.7. The van der Waals surface area contributed by atoms with Gasteiger partial charge in [-0.1, -0.05) is 6.07 Å². The first-order chi connectivity index (χ1) is 12.7. The third kappa shape index (κ3) is 3.67. The molecule has 2 amide bonds. The summed E-state index contributed by atoms with van der Waals surface area (Å²) in [5.74, 6) is 0. The molecule has 3 heterocycles. The second-order valence-electron chi connectivity index (χ2n) is 7.70. The fourth-order valence-electron chi connectivity index (χ4n) is 4.50. The molecule has 1 aromatic rings. The number of hydrogen-bond acceptors (Lipinski definition) is 4. The number of carbonyl (C=O) groups is 1. The molecule has 3 aliphatic heterocycles. The Labute approximate surface area is 155 Å². The molecule has 4 rings (SSSR count). The van der Waals surface area contributed by atoms with E-state index in [-0.39, 0.29) is 12.1 Å². The molecule has 2 atom stereocenters. The smallest absolute Gasteiger partial charge is 0.319 e. The molecule has 0 spiro atoms. The summed E-state index contributed by atoms with van der Waals surface area (Å²) in [7, 11) is 0. The van der Waals surface area contributed by atoms with Gasteiger partial charge in [-0.05, 0) is 63.4 Å². The summed E-state index contributed by atoms with van der Waals surface area (Å²) in [4.78, 5) is 17.5. The molecule has 0 radical (unpaired) electrons. The van der Waals surface area contributed by atoms with Gasteiger partial charge in [0.1, 0.15) is 0 Å². The van der Waals surface area contributed by atoms with E-state index >= 15 is 0 Å². The van der Waals surface area contributed by atoms with Gasteiger partial charge in [0.05, 0.1) is 25.3 Å². The van der Waals surface area contributed by atoms with E-state index in [1.165, 1.54) is 31.4 Å². The van der Waals surface area contributed by atoms with Crippen LogP contribution < -0.4 is 15.5 Å². The molecule has 0 aliphatic carbocycles. The predicted octanol–water partition coefficient (Wildman–Crippen LogP) is 2.58. The number of benzene rings is 1. The normalized spacial score (nSPS) is 26.4. The lowest BCUT2D eigenvalue weighted by Crippen LogP contribution is -2.51. The highest BCUT2D eigenvalue weighted by atomic mass is 16.5. The Morgan fingerprint density at radius 2 is 1.81 bits per heavy atom. The first-order valence-electron chi connectivity index (χ1n) is 9.96. The number of nitrogens with zero attached hydrogens (tertiary/aromatic N) is 2. The lowest BCUT2D eigenvalue weighted by Gasteiger charge is -2.28. The van der Waals surface area contributed by atoms with E-state index in [4.69, 9.17) is 4.74 Å². The summed E-state index contributed by atoms with van der Waals surface area (Å²) in [6.07, 6.45) is 4.99. The van der Waals surface area contributed by atoms with E-state index in [0.29, 0.717) is 19.3 Å². The van der Waals surface area contributed by atoms with Crippen LogP contribution in [0.1, 0.15) is 31.2 Å². The number of urea groups is 1. The Balaban J connectivity index is 1.39. The molecule has 3 fully saturated rings. The van der Waals surface area contributed by atoms with Crippen LogP contribution in [-0.4, -0.2) is 62.4 Å². The standard InChI is InChI=1S/C20H30N4O2/c1-15-16(7-6-8-18(15)23-9-2-3-10-23)21-20(25)22-17-13-26-14-19(17)24-11-4-5-12-24/h6-8,17,19H,2-5,9-14H2,1H3,(H2,21,22,25). The number of ether oxygens (including phenoxy) is 1. The molecule has 0 aromatic heterocycles. The monoisotopic (exact) mass is 358 g/mol. The molecule has 2 N–H and O–H groups in total. The maximum absolute atomic E-state index is 12.6. The molecular formula is C20H30N4O2. The molecule has 142 valence electrons. The minimum atomic E-state index is -0.133. The van der Waals surface area contributed by atoms with Gasteiger partial charge in [-0.3, -0.25) is 4.90 Å². The van der Waals surface area contributed by atoms with E-state index in [1.54, 1.807) is 0 Å². The minimum absolute atomic E-state index is 0.0650. The van der Waals surface area contributed by atoms with E-state index in [1.807, 2.05) is 12.1 Å². The zero-order chi connectivity index (χ0) is 17.9. The summed E-state index contributed by atoms with van der Waals surface area (Å²) < 4.78 is 5.65.